The fourth-order valence-corrected chi connectivity index (χ4v) is 1.34. The van der Waals surface area contributed by atoms with Gasteiger partial charge in [-0.2, -0.15) is 0 Å². The van der Waals surface area contributed by atoms with Gasteiger partial charge in [-0.25, -0.2) is 9.18 Å². The molecule has 2 amide bonds. The summed E-state index contributed by atoms with van der Waals surface area (Å²) in [6.45, 7) is 5.13. The van der Waals surface area contributed by atoms with E-state index in [-0.39, 0.29) is 12.1 Å². The average molecular weight is 292 g/mol. The van der Waals surface area contributed by atoms with Crippen LogP contribution < -0.4 is 11.1 Å². The van der Waals surface area contributed by atoms with E-state index in [0.29, 0.717) is 5.56 Å². The zero-order valence-electron chi connectivity index (χ0n) is 12.1. The maximum absolute atomic E-state index is 13.8. The van der Waals surface area contributed by atoms with Crippen LogP contribution in [0, 0.1) is 17.7 Å². The number of amides is 2. The Morgan fingerprint density at radius 2 is 2.05 bits per heavy atom. The van der Waals surface area contributed by atoms with Gasteiger partial charge in [0.1, 0.15) is 11.4 Å². The average Bonchev–Trinajstić information content (AvgIpc) is 2.29. The van der Waals surface area contributed by atoms with Gasteiger partial charge < -0.3 is 10.5 Å². The normalized spacial score (nSPS) is 10.3. The highest BCUT2D eigenvalue weighted by Gasteiger charge is 2.17. The van der Waals surface area contributed by atoms with Gasteiger partial charge in [0.25, 0.3) is 0 Å². The molecule has 3 N–H and O–H groups in total. The molecule has 0 aliphatic rings. The summed E-state index contributed by atoms with van der Waals surface area (Å²) in [4.78, 5) is 22.1. The van der Waals surface area contributed by atoms with Crippen molar-refractivity contribution in [3.63, 3.8) is 0 Å². The molecule has 0 saturated carbocycles. The van der Waals surface area contributed by atoms with Crippen molar-refractivity contribution < 1.29 is 18.7 Å². The molecule has 0 aromatic heterocycles. The molecule has 0 bridgehead atoms. The number of benzene rings is 1. The van der Waals surface area contributed by atoms with Gasteiger partial charge in [-0.05, 0) is 39.0 Å². The van der Waals surface area contributed by atoms with E-state index in [9.17, 15) is 14.0 Å². The van der Waals surface area contributed by atoms with Crippen molar-refractivity contribution in [3.8, 4) is 11.8 Å². The molecule has 0 aliphatic carbocycles. The summed E-state index contributed by atoms with van der Waals surface area (Å²) in [5.74, 6) is 3.92. The molecule has 1 rings (SSSR count). The Balaban J connectivity index is 2.76. The van der Waals surface area contributed by atoms with Crippen molar-refractivity contribution in [1.29, 1.82) is 0 Å². The Hall–Kier alpha value is -2.55. The Morgan fingerprint density at radius 1 is 1.38 bits per heavy atom. The number of ether oxygens (including phenoxy) is 1. The SMILES string of the molecule is CC(C)(C)OC(=O)Nc1ccc(C#CCC(N)=O)cc1F. The summed E-state index contributed by atoms with van der Waals surface area (Å²) in [6, 6.07) is 4.04. The van der Waals surface area contributed by atoms with Crippen molar-refractivity contribution >= 4 is 17.7 Å². The molecule has 0 unspecified atom stereocenters. The number of primary amides is 1. The van der Waals surface area contributed by atoms with E-state index in [0.717, 1.165) is 6.07 Å². The standard InChI is InChI=1S/C15H17FN2O3/c1-15(2,3)21-14(20)18-12-8-7-10(9-11(12)16)5-4-6-13(17)19/h7-9H,6H2,1-3H3,(H2,17,19)(H,18,20). The minimum absolute atomic E-state index is 0.00954. The van der Waals surface area contributed by atoms with Gasteiger partial charge in [0, 0.05) is 5.56 Å². The van der Waals surface area contributed by atoms with E-state index in [1.54, 1.807) is 20.8 Å². The molecule has 1 aromatic rings. The maximum atomic E-state index is 13.8. The molecule has 0 heterocycles. The van der Waals surface area contributed by atoms with Crippen LogP contribution in [0.4, 0.5) is 14.9 Å². The third-order valence-electron chi connectivity index (χ3n) is 2.10. The number of hydrogen-bond acceptors (Lipinski definition) is 3. The van der Waals surface area contributed by atoms with Gasteiger partial charge in [-0.1, -0.05) is 11.8 Å². The number of nitrogens with two attached hydrogens (primary N) is 1. The van der Waals surface area contributed by atoms with Crippen LogP contribution in [0.2, 0.25) is 0 Å². The van der Waals surface area contributed by atoms with Crippen LogP contribution in [0.3, 0.4) is 0 Å². The molecule has 112 valence electrons. The van der Waals surface area contributed by atoms with Crippen LogP contribution in [-0.4, -0.2) is 17.6 Å². The third-order valence-corrected chi connectivity index (χ3v) is 2.10. The maximum Gasteiger partial charge on any atom is 0.412 e. The van der Waals surface area contributed by atoms with Crippen LogP contribution in [-0.2, 0) is 9.53 Å². The lowest BCUT2D eigenvalue weighted by Crippen LogP contribution is -2.27. The first-order valence-corrected chi connectivity index (χ1v) is 6.24. The van der Waals surface area contributed by atoms with Gasteiger partial charge in [-0.15, -0.1) is 0 Å². The van der Waals surface area contributed by atoms with Crippen molar-refractivity contribution in [2.75, 3.05) is 5.32 Å². The third kappa shape index (κ3) is 6.43. The van der Waals surface area contributed by atoms with E-state index < -0.39 is 23.4 Å². The van der Waals surface area contributed by atoms with Crippen LogP contribution in [0.15, 0.2) is 18.2 Å². The fourth-order valence-electron chi connectivity index (χ4n) is 1.34. The number of rotatable bonds is 2. The summed E-state index contributed by atoms with van der Waals surface area (Å²) in [5.41, 5.74) is 4.64. The summed E-state index contributed by atoms with van der Waals surface area (Å²) < 4.78 is 18.8. The highest BCUT2D eigenvalue weighted by atomic mass is 19.1. The molecule has 0 saturated heterocycles. The number of carbonyl (C=O) groups excluding carboxylic acids is 2. The van der Waals surface area contributed by atoms with Gasteiger partial charge in [0.15, 0.2) is 0 Å². The fraction of sp³-hybridized carbons (Fsp3) is 0.333. The van der Waals surface area contributed by atoms with Crippen LogP contribution in [0.25, 0.3) is 0 Å². The first kappa shape index (κ1) is 16.5. The molecule has 6 heteroatoms. The number of carbonyl (C=O) groups is 2. The predicted molar refractivity (Wildman–Crippen MR) is 76.9 cm³/mol. The lowest BCUT2D eigenvalue weighted by Gasteiger charge is -2.19. The summed E-state index contributed by atoms with van der Waals surface area (Å²) >= 11 is 0. The van der Waals surface area contributed by atoms with Gasteiger partial charge in [-0.3, -0.25) is 10.1 Å². The number of nitrogens with one attached hydrogen (secondary N) is 1. The molecule has 5 nitrogen and oxygen atoms in total. The second-order valence-corrected chi connectivity index (χ2v) is 5.27. The Labute approximate surface area is 122 Å². The number of anilines is 1. The lowest BCUT2D eigenvalue weighted by atomic mass is 10.2. The Bertz CT molecular complexity index is 610. The summed E-state index contributed by atoms with van der Waals surface area (Å²) in [6.07, 6.45) is -0.839. The van der Waals surface area contributed by atoms with Crippen LogP contribution >= 0.6 is 0 Å². The molecule has 21 heavy (non-hydrogen) atoms. The monoisotopic (exact) mass is 292 g/mol. The van der Waals surface area contributed by atoms with Gasteiger partial charge >= 0.3 is 6.09 Å². The molecule has 0 radical (unpaired) electrons. The van der Waals surface area contributed by atoms with Crippen molar-refractivity contribution in [2.45, 2.75) is 32.8 Å². The van der Waals surface area contributed by atoms with E-state index in [1.165, 1.54) is 12.1 Å². The zero-order chi connectivity index (χ0) is 16.0. The quantitative estimate of drug-likeness (QED) is 0.821. The lowest BCUT2D eigenvalue weighted by molar-refractivity contribution is -0.117. The molecule has 0 spiro atoms. The molecule has 1 aromatic carbocycles. The van der Waals surface area contributed by atoms with Gasteiger partial charge in [0.2, 0.25) is 5.91 Å². The van der Waals surface area contributed by atoms with E-state index in [1.807, 2.05) is 0 Å². The molecule has 0 atom stereocenters. The Morgan fingerprint density at radius 3 is 2.57 bits per heavy atom. The zero-order valence-corrected chi connectivity index (χ0v) is 12.1. The highest BCUT2D eigenvalue weighted by Crippen LogP contribution is 2.17. The van der Waals surface area contributed by atoms with Crippen molar-refractivity contribution in [2.24, 2.45) is 5.73 Å². The van der Waals surface area contributed by atoms with Crippen molar-refractivity contribution in [1.82, 2.24) is 0 Å². The smallest absolute Gasteiger partial charge is 0.412 e. The number of hydrogen-bond donors (Lipinski definition) is 2. The van der Waals surface area contributed by atoms with Crippen LogP contribution in [0.5, 0.6) is 0 Å². The largest absolute Gasteiger partial charge is 0.444 e. The number of halogens is 1. The topological polar surface area (TPSA) is 81.4 Å². The highest BCUT2D eigenvalue weighted by molar-refractivity contribution is 5.85. The molecule has 0 aliphatic heterocycles. The summed E-state index contributed by atoms with van der Waals surface area (Å²) in [5, 5.41) is 2.31. The first-order chi connectivity index (χ1) is 9.67. The molecule has 0 fully saturated rings. The van der Waals surface area contributed by atoms with Crippen LogP contribution in [0.1, 0.15) is 32.8 Å². The van der Waals surface area contributed by atoms with E-state index in [2.05, 4.69) is 17.2 Å². The second kappa shape index (κ2) is 6.75. The second-order valence-electron chi connectivity index (χ2n) is 5.27. The minimum atomic E-state index is -0.742. The summed E-state index contributed by atoms with van der Waals surface area (Å²) in [7, 11) is 0. The van der Waals surface area contributed by atoms with Crippen molar-refractivity contribution in [3.05, 3.63) is 29.6 Å². The van der Waals surface area contributed by atoms with Gasteiger partial charge in [0.05, 0.1) is 12.1 Å². The molecular formula is C15H17FN2O3. The molecular weight excluding hydrogens is 275 g/mol. The van der Waals surface area contributed by atoms with E-state index in [4.69, 9.17) is 10.5 Å². The van der Waals surface area contributed by atoms with E-state index >= 15 is 0 Å². The Kier molecular flexibility index (Phi) is 5.30. The first-order valence-electron chi connectivity index (χ1n) is 6.24. The predicted octanol–water partition coefficient (Wildman–Crippen LogP) is 2.40. The minimum Gasteiger partial charge on any atom is -0.444 e.